The van der Waals surface area contributed by atoms with Gasteiger partial charge in [0.25, 0.3) is 0 Å². The fraction of sp³-hybridized carbons (Fsp3) is 0.108. The molecule has 2 aliphatic carbocycles. The van der Waals surface area contributed by atoms with Gasteiger partial charge in [-0.1, -0.05) is 0 Å². The van der Waals surface area contributed by atoms with Gasteiger partial charge < -0.3 is 24.8 Å². The van der Waals surface area contributed by atoms with Gasteiger partial charge in [0.1, 0.15) is 0 Å². The molecule has 1 unspecified atom stereocenters. The van der Waals surface area contributed by atoms with Crippen molar-refractivity contribution >= 4 is 12.1 Å². The Bertz CT molecular complexity index is 1710. The second-order valence-electron chi connectivity index (χ2n) is 10.5. The van der Waals surface area contributed by atoms with E-state index in [4.69, 9.17) is 0 Å². The predicted molar refractivity (Wildman–Crippen MR) is 158 cm³/mol. The maximum absolute atomic E-state index is 2.71. The van der Waals surface area contributed by atoms with E-state index in [-0.39, 0.29) is 24.8 Å². The van der Waals surface area contributed by atoms with Crippen LogP contribution in [-0.4, -0.2) is 3.21 Å². The van der Waals surface area contributed by atoms with E-state index in [1.807, 2.05) is 0 Å². The first-order chi connectivity index (χ1) is 18.7. The van der Waals surface area contributed by atoms with Crippen molar-refractivity contribution < 1.29 is 46.1 Å². The number of allylic oxidation sites excluding steroid dienone is 2. The summed E-state index contributed by atoms with van der Waals surface area (Å²) in [6, 6.07) is 47.9. The summed E-state index contributed by atoms with van der Waals surface area (Å²) in [5.41, 5.74) is 14.7. The van der Waals surface area contributed by atoms with Crippen LogP contribution in [0.2, 0.25) is 0 Å². The maximum Gasteiger partial charge on any atom is -1.00 e. The summed E-state index contributed by atoms with van der Waals surface area (Å²) in [6.45, 7) is 4.75. The smallest absolute Gasteiger partial charge is 1.00 e. The Morgan fingerprint density at radius 1 is 0.575 bits per heavy atom. The first-order valence-electron chi connectivity index (χ1n) is 13.5. The third-order valence-electron chi connectivity index (χ3n) is 8.52. The van der Waals surface area contributed by atoms with Crippen LogP contribution in [0.4, 0.5) is 0 Å². The van der Waals surface area contributed by atoms with Crippen molar-refractivity contribution in [3.63, 3.8) is 0 Å². The van der Waals surface area contributed by atoms with Crippen molar-refractivity contribution in [1.82, 2.24) is 0 Å². The molecular formula is C37H30Cl2Zr. The van der Waals surface area contributed by atoms with Gasteiger partial charge in [0.2, 0.25) is 0 Å². The SMILES string of the molecule is CC1=C(C)[CH]([Zr+2](=[C](c2ccccc2)c2ccccc2)[c]2cccc3c2Cc2ccccc2-3)c2ccccc21.[Cl-].[Cl-]. The first-order valence-corrected chi connectivity index (χ1v) is 17.4. The second-order valence-corrected chi connectivity index (χ2v) is 16.5. The zero-order chi connectivity index (χ0) is 25.6. The summed E-state index contributed by atoms with van der Waals surface area (Å²) < 4.78 is 3.73. The summed E-state index contributed by atoms with van der Waals surface area (Å²) in [7, 11) is 0. The Kier molecular flexibility index (Phi) is 8.58. The van der Waals surface area contributed by atoms with Crippen molar-refractivity contribution in [2.75, 3.05) is 0 Å². The monoisotopic (exact) mass is 634 g/mol. The van der Waals surface area contributed by atoms with Gasteiger partial charge >= 0.3 is 235 Å². The average Bonchev–Trinajstić information content (AvgIpc) is 3.48. The van der Waals surface area contributed by atoms with Crippen molar-refractivity contribution in [3.05, 3.63) is 166 Å². The third-order valence-corrected chi connectivity index (χ3v) is 17.1. The number of hydrogen-bond acceptors (Lipinski definition) is 0. The van der Waals surface area contributed by atoms with Crippen LogP contribution >= 0.6 is 0 Å². The van der Waals surface area contributed by atoms with Gasteiger partial charge in [-0.05, 0) is 0 Å². The van der Waals surface area contributed by atoms with E-state index in [0.717, 1.165) is 6.42 Å². The minimum absolute atomic E-state index is 0. The molecule has 0 heterocycles. The molecule has 0 spiro atoms. The van der Waals surface area contributed by atoms with Gasteiger partial charge in [0.05, 0.1) is 0 Å². The van der Waals surface area contributed by atoms with Crippen molar-refractivity contribution in [2.24, 2.45) is 0 Å². The molecule has 2 aliphatic rings. The molecule has 0 nitrogen and oxygen atoms in total. The van der Waals surface area contributed by atoms with E-state index >= 15 is 0 Å². The van der Waals surface area contributed by atoms with E-state index in [1.54, 1.807) is 17.6 Å². The van der Waals surface area contributed by atoms with E-state index in [9.17, 15) is 0 Å². The Morgan fingerprint density at radius 3 is 1.80 bits per heavy atom. The number of benzene rings is 5. The topological polar surface area (TPSA) is 0 Å². The Morgan fingerprint density at radius 2 is 1.12 bits per heavy atom. The summed E-state index contributed by atoms with van der Waals surface area (Å²) in [5.74, 6) is 0. The number of halogens is 2. The molecule has 0 N–H and O–H groups in total. The largest absolute Gasteiger partial charge is 1.00 e. The minimum Gasteiger partial charge on any atom is -1.00 e. The van der Waals surface area contributed by atoms with Gasteiger partial charge in [0, 0.05) is 0 Å². The van der Waals surface area contributed by atoms with Crippen LogP contribution < -0.4 is 28.1 Å². The molecule has 0 fully saturated rings. The molecule has 5 aromatic rings. The first kappa shape index (κ1) is 28.7. The molecule has 5 aromatic carbocycles. The molecule has 3 heteroatoms. The van der Waals surface area contributed by atoms with Crippen LogP contribution in [0, 0.1) is 0 Å². The van der Waals surface area contributed by atoms with E-state index < -0.39 is 21.3 Å². The fourth-order valence-corrected chi connectivity index (χ4v) is 16.1. The normalized spacial score (nSPS) is 14.2. The Labute approximate surface area is 257 Å². The van der Waals surface area contributed by atoms with Gasteiger partial charge in [-0.2, -0.15) is 0 Å². The number of fused-ring (bicyclic) bond motifs is 4. The Balaban J connectivity index is 0.00000161. The van der Waals surface area contributed by atoms with Gasteiger partial charge in [-0.25, -0.2) is 0 Å². The number of rotatable bonds is 4. The summed E-state index contributed by atoms with van der Waals surface area (Å²) >= 11 is -2.71. The molecule has 0 aliphatic heterocycles. The van der Waals surface area contributed by atoms with E-state index in [0.29, 0.717) is 3.63 Å². The van der Waals surface area contributed by atoms with Crippen LogP contribution in [-0.2, 0) is 27.7 Å². The van der Waals surface area contributed by atoms with E-state index in [2.05, 4.69) is 141 Å². The standard InChI is InChI=1S/C13H9.C13H10.C11H11.2ClH.Zr/c1-3-7-12-10(5-1)9-11-6-2-4-8-13(11)12;1-3-7-12(8-4-1)11-13-9-5-2-6-10-13;1-8-7-10-5-3-4-6-11(10)9(8)2;;;/h1-5,7-8H,9H2;1-10H;3-7H,1-2H3;2*1H;/q;;;;;+2/p-2. The molecule has 7 rings (SSSR count). The minimum atomic E-state index is -2.71. The molecule has 0 saturated heterocycles. The van der Waals surface area contributed by atoms with Gasteiger partial charge in [-0.3, -0.25) is 0 Å². The fourth-order valence-electron chi connectivity index (χ4n) is 6.66. The van der Waals surface area contributed by atoms with Crippen molar-refractivity contribution in [1.29, 1.82) is 0 Å². The van der Waals surface area contributed by atoms with Crippen molar-refractivity contribution in [2.45, 2.75) is 23.9 Å². The molecule has 40 heavy (non-hydrogen) atoms. The van der Waals surface area contributed by atoms with Gasteiger partial charge in [-0.15, -0.1) is 0 Å². The average molecular weight is 637 g/mol. The molecule has 0 amide bonds. The number of hydrogen-bond donors (Lipinski definition) is 0. The van der Waals surface area contributed by atoms with Crippen LogP contribution in [0.1, 0.15) is 50.9 Å². The molecule has 0 saturated carbocycles. The van der Waals surface area contributed by atoms with Crippen LogP contribution in [0.3, 0.4) is 0 Å². The maximum atomic E-state index is 2.49. The van der Waals surface area contributed by atoms with Crippen LogP contribution in [0.15, 0.2) is 133 Å². The predicted octanol–water partition coefficient (Wildman–Crippen LogP) is 2.33. The molecule has 196 valence electrons. The summed E-state index contributed by atoms with van der Waals surface area (Å²) in [5, 5.41) is 0. The second kappa shape index (κ2) is 12.0. The van der Waals surface area contributed by atoms with Gasteiger partial charge in [0.15, 0.2) is 0 Å². The summed E-state index contributed by atoms with van der Waals surface area (Å²) in [4.78, 5) is 0. The third kappa shape index (κ3) is 4.73. The molecule has 0 aromatic heterocycles. The molecular weight excluding hydrogens is 607 g/mol. The van der Waals surface area contributed by atoms with Crippen molar-refractivity contribution in [3.8, 4) is 11.1 Å². The Hall–Kier alpha value is -2.83. The van der Waals surface area contributed by atoms with Crippen LogP contribution in [0.5, 0.6) is 0 Å². The van der Waals surface area contributed by atoms with Crippen LogP contribution in [0.25, 0.3) is 16.7 Å². The summed E-state index contributed by atoms with van der Waals surface area (Å²) in [6.07, 6.45) is 1.04. The zero-order valence-electron chi connectivity index (χ0n) is 22.7. The molecule has 1 atom stereocenters. The van der Waals surface area contributed by atoms with E-state index in [1.165, 1.54) is 44.5 Å². The molecule has 0 bridgehead atoms. The molecule has 0 radical (unpaired) electrons. The quantitative estimate of drug-likeness (QED) is 0.279. The zero-order valence-corrected chi connectivity index (χ0v) is 26.6.